The Morgan fingerprint density at radius 2 is 1.81 bits per heavy atom. The van der Waals surface area contributed by atoms with Crippen molar-refractivity contribution in [3.8, 4) is 5.75 Å². The Morgan fingerprint density at radius 1 is 1.25 bits per heavy atom. The maximum Gasteiger partial charge on any atom is 0.233 e. The van der Waals surface area contributed by atoms with Crippen molar-refractivity contribution in [2.24, 2.45) is 5.41 Å². The standard InChI is InChI=1S/C11H17NO3S/c1-11(2,3)8-16(14,15)12-9-6-4-5-7-10(9)13/h4-7,12-13H,8H2,1-3H3. The van der Waals surface area contributed by atoms with Gasteiger partial charge in [0, 0.05) is 0 Å². The molecule has 0 fully saturated rings. The summed E-state index contributed by atoms with van der Waals surface area (Å²) in [6.45, 7) is 5.53. The average Bonchev–Trinajstić information content (AvgIpc) is 2.04. The van der Waals surface area contributed by atoms with Gasteiger partial charge in [-0.3, -0.25) is 4.72 Å². The Kier molecular flexibility index (Phi) is 3.48. The van der Waals surface area contributed by atoms with Crippen LogP contribution >= 0.6 is 0 Å². The van der Waals surface area contributed by atoms with E-state index in [0.29, 0.717) is 0 Å². The SMILES string of the molecule is CC(C)(C)CS(=O)(=O)Nc1ccccc1O. The van der Waals surface area contributed by atoms with Crippen molar-refractivity contribution in [2.45, 2.75) is 20.8 Å². The topological polar surface area (TPSA) is 66.4 Å². The molecular weight excluding hydrogens is 226 g/mol. The van der Waals surface area contributed by atoms with Crippen LogP contribution in [0.3, 0.4) is 0 Å². The molecule has 0 radical (unpaired) electrons. The Morgan fingerprint density at radius 3 is 2.31 bits per heavy atom. The van der Waals surface area contributed by atoms with E-state index >= 15 is 0 Å². The third kappa shape index (κ3) is 4.10. The first kappa shape index (κ1) is 12.8. The molecule has 90 valence electrons. The highest BCUT2D eigenvalue weighted by atomic mass is 32.2. The number of anilines is 1. The summed E-state index contributed by atoms with van der Waals surface area (Å²) >= 11 is 0. The van der Waals surface area contributed by atoms with Gasteiger partial charge in [0.15, 0.2) is 0 Å². The molecule has 2 N–H and O–H groups in total. The van der Waals surface area contributed by atoms with Gasteiger partial charge in [-0.1, -0.05) is 32.9 Å². The van der Waals surface area contributed by atoms with Crippen LogP contribution in [0, 0.1) is 5.41 Å². The lowest BCUT2D eigenvalue weighted by Gasteiger charge is -2.19. The first-order valence-electron chi connectivity index (χ1n) is 4.98. The third-order valence-corrected chi connectivity index (χ3v) is 3.57. The summed E-state index contributed by atoms with van der Waals surface area (Å²) in [6, 6.07) is 6.26. The molecule has 0 saturated carbocycles. The second-order valence-corrected chi connectivity index (χ2v) is 6.66. The van der Waals surface area contributed by atoms with Gasteiger partial charge in [-0.25, -0.2) is 8.42 Å². The minimum absolute atomic E-state index is 0.00827. The molecule has 5 heteroatoms. The predicted molar refractivity (Wildman–Crippen MR) is 65.0 cm³/mol. The molecule has 0 aliphatic rings. The summed E-state index contributed by atoms with van der Waals surface area (Å²) in [5.41, 5.74) is -0.109. The molecule has 0 unspecified atom stereocenters. The van der Waals surface area contributed by atoms with E-state index in [1.165, 1.54) is 12.1 Å². The first-order chi connectivity index (χ1) is 7.20. The van der Waals surface area contributed by atoms with E-state index in [-0.39, 0.29) is 22.6 Å². The summed E-state index contributed by atoms with van der Waals surface area (Å²) in [5.74, 6) is -0.0612. The number of hydrogen-bond donors (Lipinski definition) is 2. The summed E-state index contributed by atoms with van der Waals surface area (Å²) in [4.78, 5) is 0. The van der Waals surface area contributed by atoms with Gasteiger partial charge in [0.25, 0.3) is 0 Å². The highest BCUT2D eigenvalue weighted by Gasteiger charge is 2.22. The fraction of sp³-hybridized carbons (Fsp3) is 0.455. The minimum atomic E-state index is -3.42. The number of sulfonamides is 1. The van der Waals surface area contributed by atoms with E-state index in [0.717, 1.165) is 0 Å². The van der Waals surface area contributed by atoms with Crippen LogP contribution in [0.5, 0.6) is 5.75 Å². The predicted octanol–water partition coefficient (Wildman–Crippen LogP) is 2.18. The Labute approximate surface area is 96.4 Å². The number of phenolic OH excluding ortho intramolecular Hbond substituents is 1. The maximum absolute atomic E-state index is 11.7. The van der Waals surface area contributed by atoms with E-state index < -0.39 is 10.0 Å². The fourth-order valence-electron chi connectivity index (χ4n) is 1.33. The van der Waals surface area contributed by atoms with Gasteiger partial charge < -0.3 is 5.11 Å². The van der Waals surface area contributed by atoms with Crippen LogP contribution in [0.25, 0.3) is 0 Å². The summed E-state index contributed by atoms with van der Waals surface area (Å²) < 4.78 is 25.9. The van der Waals surface area contributed by atoms with E-state index in [2.05, 4.69) is 4.72 Å². The molecule has 0 aliphatic carbocycles. The van der Waals surface area contributed by atoms with Crippen molar-refractivity contribution in [1.82, 2.24) is 0 Å². The van der Waals surface area contributed by atoms with E-state index in [9.17, 15) is 13.5 Å². The number of aromatic hydroxyl groups is 1. The second-order valence-electron chi connectivity index (χ2n) is 4.94. The lowest BCUT2D eigenvalue weighted by Crippen LogP contribution is -2.26. The average molecular weight is 243 g/mol. The van der Waals surface area contributed by atoms with Gasteiger partial charge in [-0.05, 0) is 17.5 Å². The van der Waals surface area contributed by atoms with Gasteiger partial charge in [-0.15, -0.1) is 0 Å². The zero-order valence-electron chi connectivity index (χ0n) is 9.69. The Balaban J connectivity index is 2.86. The lowest BCUT2D eigenvalue weighted by molar-refractivity contribution is 0.462. The van der Waals surface area contributed by atoms with Crippen LogP contribution in [0.1, 0.15) is 20.8 Å². The normalized spacial score (nSPS) is 12.4. The number of hydrogen-bond acceptors (Lipinski definition) is 3. The maximum atomic E-state index is 11.7. The molecule has 4 nitrogen and oxygen atoms in total. The largest absolute Gasteiger partial charge is 0.506 e. The quantitative estimate of drug-likeness (QED) is 0.800. The van der Waals surface area contributed by atoms with Crippen molar-refractivity contribution in [2.75, 3.05) is 10.5 Å². The van der Waals surface area contributed by atoms with Crippen LogP contribution < -0.4 is 4.72 Å². The van der Waals surface area contributed by atoms with Crippen LogP contribution in [-0.4, -0.2) is 19.3 Å². The molecular formula is C11H17NO3S. The van der Waals surface area contributed by atoms with Crippen LogP contribution in [-0.2, 0) is 10.0 Å². The van der Waals surface area contributed by atoms with Gasteiger partial charge >= 0.3 is 0 Å². The number of benzene rings is 1. The molecule has 0 saturated heterocycles. The Hall–Kier alpha value is -1.23. The highest BCUT2D eigenvalue weighted by molar-refractivity contribution is 7.92. The van der Waals surface area contributed by atoms with Crippen molar-refractivity contribution in [3.05, 3.63) is 24.3 Å². The van der Waals surface area contributed by atoms with Crippen molar-refractivity contribution in [3.63, 3.8) is 0 Å². The van der Waals surface area contributed by atoms with E-state index in [1.807, 2.05) is 20.8 Å². The number of nitrogens with one attached hydrogen (secondary N) is 1. The minimum Gasteiger partial charge on any atom is -0.506 e. The number of rotatable bonds is 3. The summed E-state index contributed by atoms with van der Waals surface area (Å²) in [7, 11) is -3.42. The van der Waals surface area contributed by atoms with E-state index in [1.54, 1.807) is 12.1 Å². The zero-order valence-corrected chi connectivity index (χ0v) is 10.5. The van der Waals surface area contributed by atoms with Crippen LogP contribution in [0.15, 0.2) is 24.3 Å². The molecule has 0 aromatic heterocycles. The number of para-hydroxylation sites is 2. The molecule has 16 heavy (non-hydrogen) atoms. The fourth-order valence-corrected chi connectivity index (χ4v) is 3.05. The summed E-state index contributed by atoms with van der Waals surface area (Å²) in [5, 5.41) is 9.45. The Bertz CT molecular complexity index is 460. The molecule has 1 rings (SSSR count). The molecule has 0 spiro atoms. The zero-order chi connectivity index (χ0) is 12.4. The van der Waals surface area contributed by atoms with Crippen molar-refractivity contribution < 1.29 is 13.5 Å². The molecule has 1 aromatic rings. The third-order valence-electron chi connectivity index (χ3n) is 1.79. The monoisotopic (exact) mass is 243 g/mol. The van der Waals surface area contributed by atoms with Gasteiger partial charge in [-0.2, -0.15) is 0 Å². The van der Waals surface area contributed by atoms with Gasteiger partial charge in [0.05, 0.1) is 11.4 Å². The first-order valence-corrected chi connectivity index (χ1v) is 6.63. The van der Waals surface area contributed by atoms with Crippen LogP contribution in [0.4, 0.5) is 5.69 Å². The summed E-state index contributed by atoms with van der Waals surface area (Å²) in [6.07, 6.45) is 0. The lowest BCUT2D eigenvalue weighted by atomic mass is 10.0. The molecule has 1 aromatic carbocycles. The molecule has 0 bridgehead atoms. The van der Waals surface area contributed by atoms with Gasteiger partial charge in [0.2, 0.25) is 10.0 Å². The number of phenols is 1. The van der Waals surface area contributed by atoms with Crippen LogP contribution in [0.2, 0.25) is 0 Å². The molecule has 0 heterocycles. The molecule has 0 aliphatic heterocycles. The smallest absolute Gasteiger partial charge is 0.233 e. The van der Waals surface area contributed by atoms with Crippen molar-refractivity contribution in [1.29, 1.82) is 0 Å². The second kappa shape index (κ2) is 4.33. The van der Waals surface area contributed by atoms with E-state index in [4.69, 9.17) is 0 Å². The van der Waals surface area contributed by atoms with Crippen molar-refractivity contribution >= 4 is 15.7 Å². The highest BCUT2D eigenvalue weighted by Crippen LogP contribution is 2.24. The van der Waals surface area contributed by atoms with Gasteiger partial charge in [0.1, 0.15) is 5.75 Å². The molecule has 0 amide bonds. The molecule has 0 atom stereocenters.